The number of hydrogen-bond acceptors (Lipinski definition) is 4. The SMILES string of the molecule is CN(CC1CCNCC1)C(=O)c1cc(-c2cccs2)n(-c2ccccc2)n1. The van der Waals surface area contributed by atoms with E-state index in [1.165, 1.54) is 0 Å². The van der Waals surface area contributed by atoms with Crippen molar-refractivity contribution in [2.45, 2.75) is 12.8 Å². The van der Waals surface area contributed by atoms with Crippen LogP contribution >= 0.6 is 11.3 Å². The van der Waals surface area contributed by atoms with Crippen LogP contribution in [-0.4, -0.2) is 47.3 Å². The van der Waals surface area contributed by atoms with E-state index in [1.54, 1.807) is 11.3 Å². The highest BCUT2D eigenvalue weighted by Crippen LogP contribution is 2.28. The third-order valence-electron chi connectivity index (χ3n) is 5.04. The molecule has 3 heterocycles. The van der Waals surface area contributed by atoms with E-state index in [2.05, 4.69) is 16.5 Å². The summed E-state index contributed by atoms with van der Waals surface area (Å²) >= 11 is 1.65. The Morgan fingerprint density at radius 2 is 2.00 bits per heavy atom. The Morgan fingerprint density at radius 1 is 1.22 bits per heavy atom. The highest BCUT2D eigenvalue weighted by Gasteiger charge is 2.23. The first-order chi connectivity index (χ1) is 13.2. The molecule has 27 heavy (non-hydrogen) atoms. The topological polar surface area (TPSA) is 50.2 Å². The lowest BCUT2D eigenvalue weighted by atomic mass is 9.97. The molecular formula is C21H24N4OS. The maximum Gasteiger partial charge on any atom is 0.274 e. The number of para-hydroxylation sites is 1. The van der Waals surface area contributed by atoms with Gasteiger partial charge in [0.1, 0.15) is 0 Å². The smallest absolute Gasteiger partial charge is 0.274 e. The fourth-order valence-electron chi connectivity index (χ4n) is 3.58. The van der Waals surface area contributed by atoms with Crippen molar-refractivity contribution in [2.24, 2.45) is 5.92 Å². The number of hydrogen-bond donors (Lipinski definition) is 1. The molecule has 140 valence electrons. The fraction of sp³-hybridized carbons (Fsp3) is 0.333. The van der Waals surface area contributed by atoms with Gasteiger partial charge >= 0.3 is 0 Å². The summed E-state index contributed by atoms with van der Waals surface area (Å²) < 4.78 is 1.87. The highest BCUT2D eigenvalue weighted by molar-refractivity contribution is 7.13. The van der Waals surface area contributed by atoms with E-state index < -0.39 is 0 Å². The molecule has 1 saturated heterocycles. The largest absolute Gasteiger partial charge is 0.340 e. The minimum absolute atomic E-state index is 0.0129. The third kappa shape index (κ3) is 3.96. The van der Waals surface area contributed by atoms with Crippen molar-refractivity contribution in [3.8, 4) is 16.3 Å². The molecule has 4 rings (SSSR count). The summed E-state index contributed by atoms with van der Waals surface area (Å²) in [5.41, 5.74) is 2.41. The summed E-state index contributed by atoms with van der Waals surface area (Å²) in [6.07, 6.45) is 2.24. The molecule has 6 heteroatoms. The number of rotatable bonds is 5. The second-order valence-electron chi connectivity index (χ2n) is 7.02. The molecular weight excluding hydrogens is 356 g/mol. The van der Waals surface area contributed by atoms with Crippen molar-refractivity contribution in [2.75, 3.05) is 26.7 Å². The van der Waals surface area contributed by atoms with Gasteiger partial charge in [-0.25, -0.2) is 4.68 Å². The first kappa shape index (κ1) is 17.9. The maximum absolute atomic E-state index is 13.0. The monoisotopic (exact) mass is 380 g/mol. The Hall–Kier alpha value is -2.44. The molecule has 3 aromatic rings. The number of carbonyl (C=O) groups excluding carboxylic acids is 1. The van der Waals surface area contributed by atoms with Crippen molar-refractivity contribution in [1.82, 2.24) is 20.0 Å². The summed E-state index contributed by atoms with van der Waals surface area (Å²) in [6.45, 7) is 2.86. The molecule has 0 spiro atoms. The summed E-state index contributed by atoms with van der Waals surface area (Å²) in [5.74, 6) is 0.550. The summed E-state index contributed by atoms with van der Waals surface area (Å²) in [7, 11) is 1.89. The molecule has 0 bridgehead atoms. The van der Waals surface area contributed by atoms with Gasteiger partial charge in [0.05, 0.1) is 16.3 Å². The molecule has 1 aromatic carbocycles. The Labute approximate surface area is 163 Å². The molecule has 1 aliphatic heterocycles. The van der Waals surface area contributed by atoms with Crippen molar-refractivity contribution in [1.29, 1.82) is 0 Å². The van der Waals surface area contributed by atoms with Gasteiger partial charge in [-0.15, -0.1) is 11.3 Å². The zero-order valence-corrected chi connectivity index (χ0v) is 16.3. The first-order valence-corrected chi connectivity index (χ1v) is 10.3. The van der Waals surface area contributed by atoms with Crippen molar-refractivity contribution in [3.05, 3.63) is 59.6 Å². The van der Waals surface area contributed by atoms with E-state index in [4.69, 9.17) is 0 Å². The minimum Gasteiger partial charge on any atom is -0.340 e. The van der Waals surface area contributed by atoms with E-state index in [1.807, 2.05) is 64.5 Å². The predicted molar refractivity (Wildman–Crippen MR) is 109 cm³/mol. The number of nitrogens with one attached hydrogen (secondary N) is 1. The number of amides is 1. The van der Waals surface area contributed by atoms with Crippen LogP contribution in [0.15, 0.2) is 53.9 Å². The predicted octanol–water partition coefficient (Wildman–Crippen LogP) is 3.67. The quantitative estimate of drug-likeness (QED) is 0.735. The Morgan fingerprint density at radius 3 is 2.70 bits per heavy atom. The van der Waals surface area contributed by atoms with Crippen LogP contribution in [0.5, 0.6) is 0 Å². The molecule has 0 aliphatic carbocycles. The number of benzene rings is 1. The summed E-state index contributed by atoms with van der Waals surface area (Å²) in [5, 5.41) is 10.1. The second-order valence-corrected chi connectivity index (χ2v) is 7.97. The lowest BCUT2D eigenvalue weighted by Gasteiger charge is -2.27. The van der Waals surface area contributed by atoms with Crippen LogP contribution in [0.3, 0.4) is 0 Å². The zero-order chi connectivity index (χ0) is 18.6. The Bertz CT molecular complexity index is 882. The maximum atomic E-state index is 13.0. The zero-order valence-electron chi connectivity index (χ0n) is 15.5. The minimum atomic E-state index is -0.0129. The van der Waals surface area contributed by atoms with Crippen LogP contribution in [0.25, 0.3) is 16.3 Å². The van der Waals surface area contributed by atoms with Gasteiger partial charge in [-0.05, 0) is 61.5 Å². The Kier molecular flexibility index (Phi) is 5.36. The lowest BCUT2D eigenvalue weighted by molar-refractivity contribution is 0.0756. The highest BCUT2D eigenvalue weighted by atomic mass is 32.1. The van der Waals surface area contributed by atoms with Gasteiger partial charge in [0, 0.05) is 13.6 Å². The average Bonchev–Trinajstić information content (AvgIpc) is 3.38. The molecule has 1 N–H and O–H groups in total. The van der Waals surface area contributed by atoms with Gasteiger partial charge in [-0.2, -0.15) is 5.10 Å². The summed E-state index contributed by atoms with van der Waals surface area (Å²) in [6, 6.07) is 16.0. The number of thiophene rings is 1. The number of aromatic nitrogens is 2. The van der Waals surface area contributed by atoms with Crippen molar-refractivity contribution < 1.29 is 4.79 Å². The molecule has 0 unspecified atom stereocenters. The molecule has 2 aromatic heterocycles. The molecule has 1 amide bonds. The van der Waals surface area contributed by atoms with E-state index >= 15 is 0 Å². The lowest BCUT2D eigenvalue weighted by Crippen LogP contribution is -2.37. The Balaban J connectivity index is 1.62. The van der Waals surface area contributed by atoms with Crippen molar-refractivity contribution >= 4 is 17.2 Å². The van der Waals surface area contributed by atoms with Crippen LogP contribution in [0.1, 0.15) is 23.3 Å². The average molecular weight is 381 g/mol. The number of nitrogens with zero attached hydrogens (tertiary/aromatic N) is 3. The van der Waals surface area contributed by atoms with Gasteiger partial charge in [-0.1, -0.05) is 24.3 Å². The molecule has 1 fully saturated rings. The standard InChI is InChI=1S/C21H24N4OS/c1-24(15-16-9-11-22-12-10-16)21(26)18-14-19(20-8-5-13-27-20)25(23-18)17-6-3-2-4-7-17/h2-8,13-14,16,22H,9-12,15H2,1H3. The van der Waals surface area contributed by atoms with Crippen LogP contribution in [0.2, 0.25) is 0 Å². The number of carbonyl (C=O) groups is 1. The normalized spacial score (nSPS) is 15.0. The van der Waals surface area contributed by atoms with Crippen molar-refractivity contribution in [3.63, 3.8) is 0 Å². The van der Waals surface area contributed by atoms with Crippen LogP contribution in [0.4, 0.5) is 0 Å². The molecule has 5 nitrogen and oxygen atoms in total. The van der Waals surface area contributed by atoms with Crippen LogP contribution in [-0.2, 0) is 0 Å². The van der Waals surface area contributed by atoms with Gasteiger partial charge < -0.3 is 10.2 Å². The van der Waals surface area contributed by atoms with E-state index in [9.17, 15) is 4.79 Å². The van der Waals surface area contributed by atoms with E-state index in [-0.39, 0.29) is 5.91 Å². The first-order valence-electron chi connectivity index (χ1n) is 9.38. The fourth-order valence-corrected chi connectivity index (χ4v) is 4.31. The number of piperidine rings is 1. The molecule has 0 atom stereocenters. The summed E-state index contributed by atoms with van der Waals surface area (Å²) in [4.78, 5) is 16.0. The van der Waals surface area contributed by atoms with Crippen LogP contribution in [0, 0.1) is 5.92 Å². The second kappa shape index (κ2) is 8.06. The molecule has 0 saturated carbocycles. The van der Waals surface area contributed by atoms with Gasteiger partial charge in [0.15, 0.2) is 5.69 Å². The van der Waals surface area contributed by atoms with E-state index in [0.29, 0.717) is 11.6 Å². The van der Waals surface area contributed by atoms with Crippen LogP contribution < -0.4 is 5.32 Å². The third-order valence-corrected chi connectivity index (χ3v) is 5.93. The van der Waals surface area contributed by atoms with Gasteiger partial charge in [-0.3, -0.25) is 4.79 Å². The molecule has 0 radical (unpaired) electrons. The van der Waals surface area contributed by atoms with Gasteiger partial charge in [0.2, 0.25) is 0 Å². The molecule has 1 aliphatic rings. The van der Waals surface area contributed by atoms with Gasteiger partial charge in [0.25, 0.3) is 5.91 Å². The van der Waals surface area contributed by atoms with E-state index in [0.717, 1.165) is 48.7 Å².